The van der Waals surface area contributed by atoms with Crippen molar-refractivity contribution in [2.24, 2.45) is 5.73 Å². The van der Waals surface area contributed by atoms with E-state index in [-0.39, 0.29) is 24.3 Å². The zero-order chi connectivity index (χ0) is 17.8. The van der Waals surface area contributed by atoms with Gasteiger partial charge in [-0.15, -0.1) is 0 Å². The zero-order valence-corrected chi connectivity index (χ0v) is 13.7. The fourth-order valence-electron chi connectivity index (χ4n) is 3.23. The molecule has 0 bridgehead atoms. The lowest BCUT2D eigenvalue weighted by Crippen LogP contribution is -2.40. The first-order valence-corrected chi connectivity index (χ1v) is 8.21. The molecule has 1 aliphatic carbocycles. The van der Waals surface area contributed by atoms with Gasteiger partial charge in [-0.2, -0.15) is 0 Å². The molecule has 0 fully saturated rings. The summed E-state index contributed by atoms with van der Waals surface area (Å²) >= 11 is 0. The van der Waals surface area contributed by atoms with Crippen molar-refractivity contribution in [3.05, 3.63) is 71.0 Å². The van der Waals surface area contributed by atoms with Crippen LogP contribution in [0.2, 0.25) is 0 Å². The molecular formula is C19H20FN3O2. The number of hydrogen-bond donors (Lipinski definition) is 3. The van der Waals surface area contributed by atoms with Crippen LogP contribution in [0, 0.1) is 5.82 Å². The number of amides is 3. The first-order chi connectivity index (χ1) is 12.0. The molecule has 0 unspecified atom stereocenters. The third-order valence-corrected chi connectivity index (χ3v) is 4.40. The fraction of sp³-hybridized carbons (Fsp3) is 0.263. The van der Waals surface area contributed by atoms with Gasteiger partial charge in [-0.1, -0.05) is 36.4 Å². The van der Waals surface area contributed by atoms with Crippen LogP contribution in [0.5, 0.6) is 0 Å². The average Bonchev–Trinajstić information content (AvgIpc) is 2.96. The van der Waals surface area contributed by atoms with Crippen LogP contribution >= 0.6 is 0 Å². The topological polar surface area (TPSA) is 84.2 Å². The largest absolute Gasteiger partial charge is 0.370 e. The Morgan fingerprint density at radius 1 is 1.20 bits per heavy atom. The number of fused-ring (bicyclic) bond motifs is 1. The molecule has 1 aliphatic rings. The highest BCUT2D eigenvalue weighted by molar-refractivity contribution is 5.78. The summed E-state index contributed by atoms with van der Waals surface area (Å²) < 4.78 is 13.3. The fourth-order valence-corrected chi connectivity index (χ4v) is 3.23. The molecule has 0 radical (unpaired) electrons. The number of aryl methyl sites for hydroxylation is 1. The summed E-state index contributed by atoms with van der Waals surface area (Å²) in [6.07, 6.45) is 1.46. The quantitative estimate of drug-likeness (QED) is 0.781. The standard InChI is InChI=1S/C19H20FN3O2/c20-14-7-8-15-13(10-14)6-9-16(15)22-19(25)23-17(11-18(21)24)12-4-2-1-3-5-12/h1-5,7-8,10,16-17H,6,9,11H2,(H2,21,24)(H2,22,23,25)/t16-,17-/m0/s1. The second kappa shape index (κ2) is 7.34. The van der Waals surface area contributed by atoms with E-state index in [1.54, 1.807) is 6.07 Å². The smallest absolute Gasteiger partial charge is 0.315 e. The van der Waals surface area contributed by atoms with Crippen molar-refractivity contribution >= 4 is 11.9 Å². The summed E-state index contributed by atoms with van der Waals surface area (Å²) in [5.74, 6) is -0.759. The highest BCUT2D eigenvalue weighted by Crippen LogP contribution is 2.31. The van der Waals surface area contributed by atoms with E-state index in [2.05, 4.69) is 10.6 Å². The van der Waals surface area contributed by atoms with E-state index in [0.717, 1.165) is 29.5 Å². The Labute approximate surface area is 145 Å². The molecule has 4 N–H and O–H groups in total. The monoisotopic (exact) mass is 341 g/mol. The van der Waals surface area contributed by atoms with Crippen molar-refractivity contribution in [1.82, 2.24) is 10.6 Å². The molecule has 5 nitrogen and oxygen atoms in total. The molecule has 0 spiro atoms. The summed E-state index contributed by atoms with van der Waals surface area (Å²) in [7, 11) is 0. The third-order valence-electron chi connectivity index (χ3n) is 4.40. The minimum absolute atomic E-state index is 0.0178. The van der Waals surface area contributed by atoms with Gasteiger partial charge in [0.25, 0.3) is 0 Å². The lowest BCUT2D eigenvalue weighted by molar-refractivity contribution is -0.118. The Balaban J connectivity index is 1.68. The van der Waals surface area contributed by atoms with Crippen LogP contribution in [0.3, 0.4) is 0 Å². The molecule has 6 heteroatoms. The van der Waals surface area contributed by atoms with Gasteiger partial charge in [-0.25, -0.2) is 9.18 Å². The van der Waals surface area contributed by atoms with E-state index >= 15 is 0 Å². The van der Waals surface area contributed by atoms with Gasteiger partial charge in [-0.3, -0.25) is 4.79 Å². The minimum atomic E-state index is -0.493. The molecule has 0 saturated carbocycles. The molecule has 2 aromatic rings. The van der Waals surface area contributed by atoms with Crippen molar-refractivity contribution in [3.63, 3.8) is 0 Å². The van der Waals surface area contributed by atoms with Crippen LogP contribution in [0.1, 0.15) is 41.6 Å². The number of carbonyl (C=O) groups is 2. The van der Waals surface area contributed by atoms with Gasteiger partial charge in [0.05, 0.1) is 18.5 Å². The van der Waals surface area contributed by atoms with Crippen LogP contribution in [0.4, 0.5) is 9.18 Å². The zero-order valence-electron chi connectivity index (χ0n) is 13.7. The first kappa shape index (κ1) is 17.0. The molecule has 130 valence electrons. The lowest BCUT2D eigenvalue weighted by Gasteiger charge is -2.21. The predicted octanol–water partition coefficient (Wildman–Crippen LogP) is 2.73. The molecule has 0 aliphatic heterocycles. The maximum atomic E-state index is 13.3. The second-order valence-corrected chi connectivity index (χ2v) is 6.19. The van der Waals surface area contributed by atoms with E-state index in [4.69, 9.17) is 5.73 Å². The van der Waals surface area contributed by atoms with Crippen molar-refractivity contribution < 1.29 is 14.0 Å². The van der Waals surface area contributed by atoms with Crippen LogP contribution < -0.4 is 16.4 Å². The number of halogens is 1. The Bertz CT molecular complexity index is 779. The van der Waals surface area contributed by atoms with Crippen LogP contribution in [0.15, 0.2) is 48.5 Å². The number of primary amides is 1. The number of hydrogen-bond acceptors (Lipinski definition) is 2. The third kappa shape index (κ3) is 4.15. The molecule has 0 saturated heterocycles. The summed E-state index contributed by atoms with van der Waals surface area (Å²) in [4.78, 5) is 23.7. The minimum Gasteiger partial charge on any atom is -0.370 e. The van der Waals surface area contributed by atoms with Crippen LogP contribution in [-0.2, 0) is 11.2 Å². The van der Waals surface area contributed by atoms with E-state index in [1.165, 1.54) is 12.1 Å². The van der Waals surface area contributed by atoms with Crippen molar-refractivity contribution in [1.29, 1.82) is 0 Å². The highest BCUT2D eigenvalue weighted by Gasteiger charge is 2.25. The number of urea groups is 1. The molecule has 2 atom stereocenters. The normalized spacial score (nSPS) is 16.8. The van der Waals surface area contributed by atoms with Crippen LogP contribution in [0.25, 0.3) is 0 Å². The maximum absolute atomic E-state index is 13.3. The van der Waals surface area contributed by atoms with Crippen molar-refractivity contribution in [2.75, 3.05) is 0 Å². The van der Waals surface area contributed by atoms with Gasteiger partial charge in [0, 0.05) is 0 Å². The van der Waals surface area contributed by atoms with Gasteiger partial charge < -0.3 is 16.4 Å². The van der Waals surface area contributed by atoms with E-state index in [0.29, 0.717) is 0 Å². The Hall–Kier alpha value is -2.89. The lowest BCUT2D eigenvalue weighted by atomic mass is 10.0. The van der Waals surface area contributed by atoms with Gasteiger partial charge in [0.15, 0.2) is 0 Å². The van der Waals surface area contributed by atoms with E-state index < -0.39 is 11.9 Å². The molecule has 3 amide bonds. The van der Waals surface area contributed by atoms with Crippen molar-refractivity contribution in [2.45, 2.75) is 31.3 Å². The van der Waals surface area contributed by atoms with Gasteiger partial charge in [0.2, 0.25) is 5.91 Å². The summed E-state index contributed by atoms with van der Waals surface area (Å²) in [6, 6.07) is 12.8. The maximum Gasteiger partial charge on any atom is 0.315 e. The Kier molecular flexibility index (Phi) is 4.97. The first-order valence-electron chi connectivity index (χ1n) is 8.21. The number of benzene rings is 2. The summed E-state index contributed by atoms with van der Waals surface area (Å²) in [6.45, 7) is 0. The second-order valence-electron chi connectivity index (χ2n) is 6.19. The molecule has 25 heavy (non-hydrogen) atoms. The van der Waals surface area contributed by atoms with Gasteiger partial charge >= 0.3 is 6.03 Å². The number of rotatable bonds is 5. The van der Waals surface area contributed by atoms with Gasteiger partial charge in [0.1, 0.15) is 5.82 Å². The number of carbonyl (C=O) groups excluding carboxylic acids is 2. The molecule has 3 rings (SSSR count). The Morgan fingerprint density at radius 3 is 2.68 bits per heavy atom. The van der Waals surface area contributed by atoms with Crippen molar-refractivity contribution in [3.8, 4) is 0 Å². The highest BCUT2D eigenvalue weighted by atomic mass is 19.1. The molecule has 2 aromatic carbocycles. The molecule has 0 heterocycles. The van der Waals surface area contributed by atoms with E-state index in [1.807, 2.05) is 30.3 Å². The molecular weight excluding hydrogens is 321 g/mol. The van der Waals surface area contributed by atoms with Gasteiger partial charge in [-0.05, 0) is 41.7 Å². The summed E-state index contributed by atoms with van der Waals surface area (Å²) in [5, 5.41) is 5.71. The average molecular weight is 341 g/mol. The van der Waals surface area contributed by atoms with Crippen LogP contribution in [-0.4, -0.2) is 11.9 Å². The SMILES string of the molecule is NC(=O)C[C@H](NC(=O)N[C@H]1CCc2cc(F)ccc21)c1ccccc1. The Morgan fingerprint density at radius 2 is 1.96 bits per heavy atom. The summed E-state index contributed by atoms with van der Waals surface area (Å²) in [5.41, 5.74) is 7.96. The number of nitrogens with one attached hydrogen (secondary N) is 2. The molecule has 0 aromatic heterocycles. The number of nitrogens with two attached hydrogens (primary N) is 1. The van der Waals surface area contributed by atoms with E-state index in [9.17, 15) is 14.0 Å². The predicted molar refractivity (Wildman–Crippen MR) is 92.1 cm³/mol.